The molecule has 3 N–H and O–H groups in total. The molecule has 0 unspecified atom stereocenters. The zero-order valence-electron chi connectivity index (χ0n) is 13.5. The lowest BCUT2D eigenvalue weighted by Gasteiger charge is -2.11. The van der Waals surface area contributed by atoms with Crippen molar-refractivity contribution in [2.75, 3.05) is 25.9 Å². The van der Waals surface area contributed by atoms with E-state index in [0.717, 1.165) is 18.5 Å². The Morgan fingerprint density at radius 2 is 2.00 bits per heavy atom. The number of nitrogens with zero attached hydrogens (tertiary/aromatic N) is 2. The van der Waals surface area contributed by atoms with Crippen LogP contribution in [-0.2, 0) is 23.6 Å². The van der Waals surface area contributed by atoms with Gasteiger partial charge in [0.15, 0.2) is 5.96 Å². The number of hydrogen-bond acceptors (Lipinski definition) is 3. The number of sulfonamides is 1. The van der Waals surface area contributed by atoms with Crippen LogP contribution >= 0.6 is 23.2 Å². The van der Waals surface area contributed by atoms with Gasteiger partial charge in [-0.05, 0) is 19.4 Å². The molecule has 7 nitrogen and oxygen atoms in total. The first kappa shape index (κ1) is 20.1. The third kappa shape index (κ3) is 7.43. The van der Waals surface area contributed by atoms with Crippen molar-refractivity contribution in [3.05, 3.63) is 21.9 Å². The molecule has 0 spiro atoms. The molecule has 1 rings (SSSR count). The molecule has 1 aromatic rings. The first-order chi connectivity index (χ1) is 10.7. The summed E-state index contributed by atoms with van der Waals surface area (Å²) >= 11 is 12.0. The molecule has 132 valence electrons. The van der Waals surface area contributed by atoms with Crippen molar-refractivity contribution in [3.8, 4) is 0 Å². The number of aromatic nitrogens is 1. The lowest BCUT2D eigenvalue weighted by molar-refractivity contribution is 0.584. The zero-order chi connectivity index (χ0) is 17.5. The van der Waals surface area contributed by atoms with Gasteiger partial charge in [0.05, 0.1) is 17.8 Å². The number of hydrogen-bond donors (Lipinski definition) is 3. The van der Waals surface area contributed by atoms with Gasteiger partial charge in [0.25, 0.3) is 0 Å². The lowest BCUT2D eigenvalue weighted by Crippen LogP contribution is -2.38. The molecule has 0 aliphatic carbocycles. The lowest BCUT2D eigenvalue weighted by atomic mass is 10.4. The standard InChI is InChI=1S/C13H23Cl2N5O2S/c1-4-16-13(17-6-5-7-19-23(3,21)22)18-9-10-8-11(14)12(15)20(10)2/h8,19H,4-7,9H2,1-3H3,(H2,16,17,18). The third-order valence-electron chi connectivity index (χ3n) is 2.97. The fourth-order valence-corrected chi connectivity index (χ4v) is 2.73. The van der Waals surface area contributed by atoms with Crippen molar-refractivity contribution < 1.29 is 8.42 Å². The SMILES string of the molecule is CCNC(=NCc1cc(Cl)c(Cl)n1C)NCCCNS(C)(=O)=O. The average Bonchev–Trinajstić information content (AvgIpc) is 2.70. The van der Waals surface area contributed by atoms with E-state index in [1.165, 1.54) is 0 Å². The van der Waals surface area contributed by atoms with E-state index >= 15 is 0 Å². The summed E-state index contributed by atoms with van der Waals surface area (Å²) in [5.74, 6) is 0.653. The van der Waals surface area contributed by atoms with Gasteiger partial charge in [0, 0.05) is 32.4 Å². The van der Waals surface area contributed by atoms with Crippen molar-refractivity contribution in [1.82, 2.24) is 19.9 Å². The van der Waals surface area contributed by atoms with Crippen LogP contribution in [-0.4, -0.2) is 44.8 Å². The molecule has 0 aromatic carbocycles. The highest BCUT2D eigenvalue weighted by Crippen LogP contribution is 2.25. The van der Waals surface area contributed by atoms with Crippen LogP contribution in [0.25, 0.3) is 0 Å². The zero-order valence-corrected chi connectivity index (χ0v) is 15.8. The second-order valence-electron chi connectivity index (χ2n) is 4.98. The van der Waals surface area contributed by atoms with Crippen molar-refractivity contribution in [1.29, 1.82) is 0 Å². The van der Waals surface area contributed by atoms with E-state index in [2.05, 4.69) is 20.3 Å². The summed E-state index contributed by atoms with van der Waals surface area (Å²) in [6, 6.07) is 1.78. The van der Waals surface area contributed by atoms with Gasteiger partial charge in [-0.1, -0.05) is 23.2 Å². The molecule has 0 bridgehead atoms. The van der Waals surface area contributed by atoms with Gasteiger partial charge in [-0.2, -0.15) is 0 Å². The van der Waals surface area contributed by atoms with Crippen LogP contribution in [0.1, 0.15) is 19.0 Å². The maximum atomic E-state index is 11.0. The van der Waals surface area contributed by atoms with Crippen LogP contribution in [0.3, 0.4) is 0 Å². The first-order valence-electron chi connectivity index (χ1n) is 7.21. The Balaban J connectivity index is 2.51. The van der Waals surface area contributed by atoms with Crippen molar-refractivity contribution in [2.45, 2.75) is 19.9 Å². The molecule has 1 aromatic heterocycles. The van der Waals surface area contributed by atoms with E-state index in [-0.39, 0.29) is 0 Å². The normalized spacial score (nSPS) is 12.5. The summed E-state index contributed by atoms with van der Waals surface area (Å²) in [6.07, 6.45) is 1.79. The van der Waals surface area contributed by atoms with Gasteiger partial charge in [0.1, 0.15) is 5.15 Å². The molecule has 23 heavy (non-hydrogen) atoms. The quantitative estimate of drug-likeness (QED) is 0.359. The maximum absolute atomic E-state index is 11.0. The van der Waals surface area contributed by atoms with Crippen molar-refractivity contribution in [3.63, 3.8) is 0 Å². The largest absolute Gasteiger partial charge is 0.357 e. The van der Waals surface area contributed by atoms with E-state index in [1.807, 2.05) is 14.0 Å². The highest BCUT2D eigenvalue weighted by molar-refractivity contribution is 7.88. The van der Waals surface area contributed by atoms with E-state index in [0.29, 0.717) is 42.2 Å². The van der Waals surface area contributed by atoms with Gasteiger partial charge in [-0.25, -0.2) is 18.1 Å². The minimum Gasteiger partial charge on any atom is -0.357 e. The molecule has 0 saturated heterocycles. The van der Waals surface area contributed by atoms with Gasteiger partial charge >= 0.3 is 0 Å². The fourth-order valence-electron chi connectivity index (χ4n) is 1.80. The third-order valence-corrected chi connectivity index (χ3v) is 4.54. The van der Waals surface area contributed by atoms with Gasteiger partial charge < -0.3 is 15.2 Å². The second-order valence-corrected chi connectivity index (χ2v) is 7.57. The smallest absolute Gasteiger partial charge is 0.208 e. The fraction of sp³-hybridized carbons (Fsp3) is 0.615. The van der Waals surface area contributed by atoms with Gasteiger partial charge in [-0.3, -0.25) is 0 Å². The van der Waals surface area contributed by atoms with E-state index in [9.17, 15) is 8.42 Å². The van der Waals surface area contributed by atoms with Crippen LogP contribution < -0.4 is 15.4 Å². The highest BCUT2D eigenvalue weighted by Gasteiger charge is 2.08. The number of halogens is 2. The Labute approximate surface area is 147 Å². The van der Waals surface area contributed by atoms with Crippen LogP contribution in [0.4, 0.5) is 0 Å². The molecule has 0 amide bonds. The summed E-state index contributed by atoms with van der Waals surface area (Å²) in [5, 5.41) is 7.26. The van der Waals surface area contributed by atoms with Crippen LogP contribution in [0.15, 0.2) is 11.1 Å². The molecule has 0 fully saturated rings. The maximum Gasteiger partial charge on any atom is 0.208 e. The minimum absolute atomic E-state index is 0.383. The van der Waals surface area contributed by atoms with Gasteiger partial charge in [-0.15, -0.1) is 0 Å². The Morgan fingerprint density at radius 3 is 2.52 bits per heavy atom. The predicted molar refractivity (Wildman–Crippen MR) is 95.7 cm³/mol. The topological polar surface area (TPSA) is 87.5 Å². The molecule has 0 radical (unpaired) electrons. The molecule has 1 heterocycles. The van der Waals surface area contributed by atoms with Gasteiger partial charge in [0.2, 0.25) is 10.0 Å². The monoisotopic (exact) mass is 383 g/mol. The summed E-state index contributed by atoms with van der Waals surface area (Å²) in [6.45, 7) is 4.11. The molecule has 10 heteroatoms. The number of guanidine groups is 1. The number of nitrogens with one attached hydrogen (secondary N) is 3. The summed E-state index contributed by atoms with van der Waals surface area (Å²) < 4.78 is 26.1. The van der Waals surface area contributed by atoms with Crippen molar-refractivity contribution >= 4 is 39.2 Å². The first-order valence-corrected chi connectivity index (χ1v) is 9.85. The molecular formula is C13H23Cl2N5O2S. The minimum atomic E-state index is -3.14. The Kier molecular flexibility index (Phi) is 8.18. The van der Waals surface area contributed by atoms with Crippen molar-refractivity contribution in [2.24, 2.45) is 12.0 Å². The molecular weight excluding hydrogens is 361 g/mol. The Bertz CT molecular complexity index is 643. The van der Waals surface area contributed by atoms with Crippen LogP contribution in [0.2, 0.25) is 10.2 Å². The summed E-state index contributed by atoms with van der Waals surface area (Å²) in [4.78, 5) is 4.46. The second kappa shape index (κ2) is 9.36. The average molecular weight is 384 g/mol. The summed E-state index contributed by atoms with van der Waals surface area (Å²) in [5.41, 5.74) is 0.899. The molecule has 0 aliphatic rings. The highest BCUT2D eigenvalue weighted by atomic mass is 35.5. The Hall–Kier alpha value is -0.960. The molecule has 0 aliphatic heterocycles. The number of rotatable bonds is 8. The van der Waals surface area contributed by atoms with E-state index < -0.39 is 10.0 Å². The Morgan fingerprint density at radius 1 is 1.30 bits per heavy atom. The number of aliphatic imine (C=N–C) groups is 1. The molecule has 0 saturated carbocycles. The molecule has 0 atom stereocenters. The van der Waals surface area contributed by atoms with E-state index in [4.69, 9.17) is 23.2 Å². The summed E-state index contributed by atoms with van der Waals surface area (Å²) in [7, 11) is -1.31. The van der Waals surface area contributed by atoms with Crippen LogP contribution in [0.5, 0.6) is 0 Å². The van der Waals surface area contributed by atoms with Crippen LogP contribution in [0, 0.1) is 0 Å². The predicted octanol–water partition coefficient (Wildman–Crippen LogP) is 1.33. The van der Waals surface area contributed by atoms with E-state index in [1.54, 1.807) is 10.6 Å².